The van der Waals surface area contributed by atoms with Crippen LogP contribution in [0.25, 0.3) is 0 Å². The lowest BCUT2D eigenvalue weighted by Crippen LogP contribution is -2.35. The molecule has 0 unspecified atom stereocenters. The number of hydrogen-bond donors (Lipinski definition) is 2. The molecule has 1 amide bonds. The number of H-pyrrole nitrogens is 1. The van der Waals surface area contributed by atoms with Gasteiger partial charge in [0, 0.05) is 44.7 Å². The Kier molecular flexibility index (Phi) is 4.06. The maximum atomic E-state index is 12.0. The van der Waals surface area contributed by atoms with E-state index in [0.717, 1.165) is 25.1 Å². The molecule has 2 N–H and O–H groups in total. The number of aryl methyl sites for hydroxylation is 1. The minimum atomic E-state index is -0.0504. The smallest absolute Gasteiger partial charge is 0.252 e. The van der Waals surface area contributed by atoms with Gasteiger partial charge < -0.3 is 15.0 Å². The minimum absolute atomic E-state index is 0.00206. The fraction of sp³-hybridized carbons (Fsp3) is 0.467. The fourth-order valence-electron chi connectivity index (χ4n) is 2.83. The second-order valence-electron chi connectivity index (χ2n) is 5.38. The lowest BCUT2D eigenvalue weighted by atomic mass is 9.92. The van der Waals surface area contributed by atoms with Gasteiger partial charge in [-0.05, 0) is 25.0 Å². The molecule has 2 atom stereocenters. The summed E-state index contributed by atoms with van der Waals surface area (Å²) < 4.78 is 7.76. The summed E-state index contributed by atoms with van der Waals surface area (Å²) in [6.07, 6.45) is 7.30. The molecule has 6 nitrogen and oxygen atoms in total. The Morgan fingerprint density at radius 3 is 3.19 bits per heavy atom. The van der Waals surface area contributed by atoms with Crippen molar-refractivity contribution in [3.8, 4) is 0 Å². The molecule has 0 bridgehead atoms. The lowest BCUT2D eigenvalue weighted by molar-refractivity contribution is -0.0317. The van der Waals surface area contributed by atoms with Crippen LogP contribution < -0.4 is 5.32 Å². The Labute approximate surface area is 123 Å². The Morgan fingerprint density at radius 2 is 2.48 bits per heavy atom. The lowest BCUT2D eigenvalue weighted by Gasteiger charge is -2.31. The highest BCUT2D eigenvalue weighted by Crippen LogP contribution is 2.32. The number of nitrogens with one attached hydrogen (secondary N) is 2. The van der Waals surface area contributed by atoms with Crippen LogP contribution in [0.1, 0.15) is 35.0 Å². The molecule has 0 spiro atoms. The van der Waals surface area contributed by atoms with E-state index in [1.807, 2.05) is 17.8 Å². The maximum absolute atomic E-state index is 12.0. The van der Waals surface area contributed by atoms with Crippen molar-refractivity contribution in [3.05, 3.63) is 42.0 Å². The molecule has 2 aromatic heterocycles. The first-order valence-corrected chi connectivity index (χ1v) is 7.26. The number of amides is 1. The van der Waals surface area contributed by atoms with Crippen LogP contribution in [0.15, 0.2) is 30.7 Å². The van der Waals surface area contributed by atoms with Gasteiger partial charge in [0.2, 0.25) is 0 Å². The van der Waals surface area contributed by atoms with Crippen LogP contribution in [0.4, 0.5) is 0 Å². The van der Waals surface area contributed by atoms with E-state index in [0.29, 0.717) is 12.1 Å². The molecule has 0 aliphatic carbocycles. The van der Waals surface area contributed by atoms with Crippen LogP contribution in [0.5, 0.6) is 0 Å². The van der Waals surface area contributed by atoms with Crippen molar-refractivity contribution in [2.75, 3.05) is 13.2 Å². The number of aromatic nitrogens is 3. The second kappa shape index (κ2) is 6.13. The summed E-state index contributed by atoms with van der Waals surface area (Å²) in [7, 11) is 1.92. The Balaban J connectivity index is 1.65. The standard InChI is InChI=1S/C15H20N4O2/c1-19-13(5-7-18-19)14-11(3-2-8-21-14)10-17-15(20)12-4-6-16-9-12/h4-7,9,11,14,16H,2-3,8,10H2,1H3,(H,17,20)/t11-,14+/m0/s1. The summed E-state index contributed by atoms with van der Waals surface area (Å²) in [5, 5.41) is 7.20. The summed E-state index contributed by atoms with van der Waals surface area (Å²) >= 11 is 0. The normalized spacial score (nSPS) is 22.1. The average molecular weight is 288 g/mol. The van der Waals surface area contributed by atoms with E-state index in [9.17, 15) is 4.79 Å². The number of nitrogens with zero attached hydrogens (tertiary/aromatic N) is 2. The molecule has 0 aromatic carbocycles. The summed E-state index contributed by atoms with van der Waals surface area (Å²) in [5.74, 6) is 0.225. The molecule has 0 radical (unpaired) electrons. The van der Waals surface area contributed by atoms with Gasteiger partial charge in [0.1, 0.15) is 6.10 Å². The highest BCUT2D eigenvalue weighted by molar-refractivity contribution is 5.93. The zero-order valence-electron chi connectivity index (χ0n) is 12.1. The number of aromatic amines is 1. The van der Waals surface area contributed by atoms with E-state index in [1.165, 1.54) is 0 Å². The van der Waals surface area contributed by atoms with Gasteiger partial charge in [-0.1, -0.05) is 0 Å². The molecule has 3 heterocycles. The molecule has 3 rings (SSSR count). The molecule has 112 valence electrons. The van der Waals surface area contributed by atoms with Crippen molar-refractivity contribution in [3.63, 3.8) is 0 Å². The minimum Gasteiger partial charge on any atom is -0.372 e. The highest BCUT2D eigenvalue weighted by atomic mass is 16.5. The Morgan fingerprint density at radius 1 is 1.57 bits per heavy atom. The molecule has 1 aliphatic heterocycles. The second-order valence-corrected chi connectivity index (χ2v) is 5.38. The first kappa shape index (κ1) is 13.9. The quantitative estimate of drug-likeness (QED) is 0.898. The fourth-order valence-corrected chi connectivity index (χ4v) is 2.83. The van der Waals surface area contributed by atoms with Crippen LogP contribution in [0, 0.1) is 5.92 Å². The summed E-state index contributed by atoms with van der Waals surface area (Å²) in [6.45, 7) is 1.37. The summed E-state index contributed by atoms with van der Waals surface area (Å²) in [4.78, 5) is 14.9. The van der Waals surface area contributed by atoms with E-state index in [4.69, 9.17) is 4.74 Å². The van der Waals surface area contributed by atoms with Gasteiger partial charge in [0.05, 0.1) is 11.3 Å². The van der Waals surface area contributed by atoms with Gasteiger partial charge in [-0.2, -0.15) is 5.10 Å². The van der Waals surface area contributed by atoms with Crippen LogP contribution in [0.2, 0.25) is 0 Å². The zero-order chi connectivity index (χ0) is 14.7. The van der Waals surface area contributed by atoms with Crippen LogP contribution >= 0.6 is 0 Å². The predicted molar refractivity (Wildman–Crippen MR) is 77.8 cm³/mol. The Hall–Kier alpha value is -2.08. The van der Waals surface area contributed by atoms with Crippen LogP contribution in [-0.2, 0) is 11.8 Å². The van der Waals surface area contributed by atoms with Crippen LogP contribution in [-0.4, -0.2) is 33.8 Å². The SMILES string of the molecule is Cn1nccc1[C@@H]1OCCC[C@H]1CNC(=O)c1cc[nH]c1. The largest absolute Gasteiger partial charge is 0.372 e. The summed E-state index contributed by atoms with van der Waals surface area (Å²) in [6, 6.07) is 3.75. The number of ether oxygens (including phenoxy) is 1. The maximum Gasteiger partial charge on any atom is 0.252 e. The first-order chi connectivity index (χ1) is 10.3. The Bertz CT molecular complexity index is 591. The van der Waals surface area contributed by atoms with Gasteiger partial charge in [-0.3, -0.25) is 9.48 Å². The number of rotatable bonds is 4. The topological polar surface area (TPSA) is 71.9 Å². The van der Waals surface area contributed by atoms with Crippen molar-refractivity contribution in [1.82, 2.24) is 20.1 Å². The molecule has 1 fully saturated rings. The third-order valence-electron chi connectivity index (χ3n) is 3.98. The monoisotopic (exact) mass is 288 g/mol. The van der Waals surface area contributed by atoms with Crippen molar-refractivity contribution >= 4 is 5.91 Å². The van der Waals surface area contributed by atoms with Crippen molar-refractivity contribution in [2.45, 2.75) is 18.9 Å². The van der Waals surface area contributed by atoms with E-state index < -0.39 is 0 Å². The molecule has 1 aliphatic rings. The van der Waals surface area contributed by atoms with Gasteiger partial charge >= 0.3 is 0 Å². The predicted octanol–water partition coefficient (Wildman–Crippen LogP) is 1.65. The van der Waals surface area contributed by atoms with Gasteiger partial charge in [-0.15, -0.1) is 0 Å². The van der Waals surface area contributed by atoms with Crippen molar-refractivity contribution in [2.24, 2.45) is 13.0 Å². The molecule has 6 heteroatoms. The third kappa shape index (κ3) is 3.00. The van der Waals surface area contributed by atoms with E-state index in [-0.39, 0.29) is 17.9 Å². The van der Waals surface area contributed by atoms with E-state index in [1.54, 1.807) is 24.7 Å². The number of hydrogen-bond acceptors (Lipinski definition) is 3. The molecule has 1 saturated heterocycles. The molecule has 21 heavy (non-hydrogen) atoms. The van der Waals surface area contributed by atoms with Crippen molar-refractivity contribution in [1.29, 1.82) is 0 Å². The first-order valence-electron chi connectivity index (χ1n) is 7.26. The summed E-state index contributed by atoms with van der Waals surface area (Å²) in [5.41, 5.74) is 1.72. The third-order valence-corrected chi connectivity index (χ3v) is 3.98. The number of carbonyl (C=O) groups excluding carboxylic acids is 1. The van der Waals surface area contributed by atoms with Gasteiger partial charge in [-0.25, -0.2) is 0 Å². The van der Waals surface area contributed by atoms with E-state index >= 15 is 0 Å². The average Bonchev–Trinajstić information content (AvgIpc) is 3.16. The zero-order valence-corrected chi connectivity index (χ0v) is 12.1. The van der Waals surface area contributed by atoms with Crippen molar-refractivity contribution < 1.29 is 9.53 Å². The van der Waals surface area contributed by atoms with Crippen LogP contribution in [0.3, 0.4) is 0 Å². The molecule has 0 saturated carbocycles. The van der Waals surface area contributed by atoms with Gasteiger partial charge in [0.25, 0.3) is 5.91 Å². The highest BCUT2D eigenvalue weighted by Gasteiger charge is 2.29. The van der Waals surface area contributed by atoms with E-state index in [2.05, 4.69) is 15.4 Å². The molecular weight excluding hydrogens is 268 g/mol. The van der Waals surface area contributed by atoms with Gasteiger partial charge in [0.15, 0.2) is 0 Å². The molecule has 2 aromatic rings. The molecular formula is C15H20N4O2. The number of carbonyl (C=O) groups is 1.